The van der Waals surface area contributed by atoms with Gasteiger partial charge < -0.3 is 9.64 Å². The highest BCUT2D eigenvalue weighted by Crippen LogP contribution is 2.24. The number of benzene rings is 2. The first kappa shape index (κ1) is 21.9. The van der Waals surface area contributed by atoms with E-state index in [1.54, 1.807) is 71.1 Å². The summed E-state index contributed by atoms with van der Waals surface area (Å²) in [6, 6.07) is 12.3. The Morgan fingerprint density at radius 1 is 1.14 bits per heavy atom. The first-order valence-electron chi connectivity index (χ1n) is 9.09. The summed E-state index contributed by atoms with van der Waals surface area (Å²) in [7, 11) is 1.64. The highest BCUT2D eigenvalue weighted by atomic mass is 16.6. The van der Waals surface area contributed by atoms with Crippen molar-refractivity contribution in [3.8, 4) is 0 Å². The van der Waals surface area contributed by atoms with Gasteiger partial charge in [0.1, 0.15) is 5.60 Å². The summed E-state index contributed by atoms with van der Waals surface area (Å²) in [5.74, 6) is -0.243. The average Bonchev–Trinajstić information content (AvgIpc) is 2.65. The summed E-state index contributed by atoms with van der Waals surface area (Å²) in [5, 5.41) is 13.6. The van der Waals surface area contributed by atoms with Crippen molar-refractivity contribution in [3.05, 3.63) is 69.8 Å². The normalized spacial score (nSPS) is 12.0. The minimum absolute atomic E-state index is 0.0206. The van der Waals surface area contributed by atoms with E-state index in [2.05, 4.69) is 5.32 Å². The molecule has 8 nitrogen and oxygen atoms in total. The van der Waals surface area contributed by atoms with Crippen molar-refractivity contribution in [1.29, 1.82) is 0 Å². The van der Waals surface area contributed by atoms with Crippen LogP contribution in [0.25, 0.3) is 0 Å². The van der Waals surface area contributed by atoms with Crippen molar-refractivity contribution in [2.75, 3.05) is 12.4 Å². The Labute approximate surface area is 169 Å². The maximum absolute atomic E-state index is 12.8. The summed E-state index contributed by atoms with van der Waals surface area (Å²) in [5.41, 5.74) is 0.974. The minimum atomic E-state index is -0.606. The van der Waals surface area contributed by atoms with Gasteiger partial charge in [0.2, 0.25) is 0 Å². The SMILES string of the molecule is C[C@@H](c1cccc([N+](=O)[O-])c1)N(C)C(=O)c1ccc(NC(=O)OC(C)(C)C)cc1. The highest BCUT2D eigenvalue weighted by Gasteiger charge is 2.21. The van der Waals surface area contributed by atoms with Gasteiger partial charge in [-0.25, -0.2) is 4.79 Å². The molecule has 1 atom stereocenters. The second-order valence-electron chi connectivity index (χ2n) is 7.65. The number of hydrogen-bond acceptors (Lipinski definition) is 5. The molecular formula is C21H25N3O5. The lowest BCUT2D eigenvalue weighted by atomic mass is 10.1. The molecule has 8 heteroatoms. The van der Waals surface area contributed by atoms with E-state index in [-0.39, 0.29) is 17.6 Å². The Morgan fingerprint density at radius 3 is 2.31 bits per heavy atom. The number of nitro benzene ring substituents is 1. The van der Waals surface area contributed by atoms with Gasteiger partial charge in [-0.05, 0) is 57.5 Å². The van der Waals surface area contributed by atoms with E-state index in [9.17, 15) is 19.7 Å². The molecule has 154 valence electrons. The van der Waals surface area contributed by atoms with Gasteiger partial charge in [0, 0.05) is 30.4 Å². The molecule has 2 aromatic carbocycles. The molecule has 2 amide bonds. The molecule has 0 bridgehead atoms. The number of nitro groups is 1. The second-order valence-corrected chi connectivity index (χ2v) is 7.65. The lowest BCUT2D eigenvalue weighted by molar-refractivity contribution is -0.384. The second kappa shape index (κ2) is 8.72. The van der Waals surface area contributed by atoms with Crippen LogP contribution in [0.4, 0.5) is 16.2 Å². The topological polar surface area (TPSA) is 102 Å². The Hall–Kier alpha value is -3.42. The van der Waals surface area contributed by atoms with Gasteiger partial charge in [-0.2, -0.15) is 0 Å². The van der Waals surface area contributed by atoms with Gasteiger partial charge in [-0.3, -0.25) is 20.2 Å². The third-order valence-electron chi connectivity index (χ3n) is 4.24. The molecule has 0 radical (unpaired) electrons. The van der Waals surface area contributed by atoms with Gasteiger partial charge in [0.25, 0.3) is 11.6 Å². The number of ether oxygens (including phenoxy) is 1. The number of rotatable bonds is 5. The molecule has 0 heterocycles. The molecule has 29 heavy (non-hydrogen) atoms. The largest absolute Gasteiger partial charge is 0.444 e. The third kappa shape index (κ3) is 6.03. The lowest BCUT2D eigenvalue weighted by Gasteiger charge is -2.25. The van der Waals surface area contributed by atoms with Crippen LogP contribution in [0, 0.1) is 10.1 Å². The van der Waals surface area contributed by atoms with Gasteiger partial charge in [-0.1, -0.05) is 12.1 Å². The molecule has 0 saturated carbocycles. The number of carbonyl (C=O) groups is 2. The fourth-order valence-electron chi connectivity index (χ4n) is 2.62. The molecule has 0 aliphatic rings. The van der Waals surface area contributed by atoms with E-state index in [0.29, 0.717) is 16.8 Å². The smallest absolute Gasteiger partial charge is 0.412 e. The number of amides is 2. The first-order valence-corrected chi connectivity index (χ1v) is 9.09. The van der Waals surface area contributed by atoms with Crippen molar-refractivity contribution in [1.82, 2.24) is 4.90 Å². The van der Waals surface area contributed by atoms with Gasteiger partial charge in [-0.15, -0.1) is 0 Å². The molecule has 2 rings (SSSR count). The monoisotopic (exact) mass is 399 g/mol. The maximum atomic E-state index is 12.8. The molecule has 0 spiro atoms. The molecule has 0 aromatic heterocycles. The van der Waals surface area contributed by atoms with Crippen LogP contribution in [0.1, 0.15) is 49.7 Å². The summed E-state index contributed by atoms with van der Waals surface area (Å²) >= 11 is 0. The fraction of sp³-hybridized carbons (Fsp3) is 0.333. The summed E-state index contributed by atoms with van der Waals surface area (Å²) in [6.45, 7) is 7.11. The Bertz CT molecular complexity index is 903. The van der Waals surface area contributed by atoms with Crippen LogP contribution < -0.4 is 5.32 Å². The van der Waals surface area contributed by atoms with Crippen molar-refractivity contribution in [2.45, 2.75) is 39.3 Å². The first-order chi connectivity index (χ1) is 13.5. The standard InChI is InChI=1S/C21H25N3O5/c1-14(16-7-6-8-18(13-16)24(27)28)23(5)19(25)15-9-11-17(12-10-15)22-20(26)29-21(2,3)4/h6-14H,1-5H3,(H,22,26)/t14-/m0/s1. The summed E-state index contributed by atoms with van der Waals surface area (Å²) in [6.07, 6.45) is -0.576. The molecule has 0 fully saturated rings. The molecule has 0 unspecified atom stereocenters. The van der Waals surface area contributed by atoms with Crippen molar-refractivity contribution in [3.63, 3.8) is 0 Å². The molecule has 2 aromatic rings. The van der Waals surface area contributed by atoms with E-state index in [4.69, 9.17) is 4.74 Å². The Morgan fingerprint density at radius 2 is 1.76 bits per heavy atom. The Kier molecular flexibility index (Phi) is 6.58. The number of anilines is 1. The van der Waals surface area contributed by atoms with E-state index < -0.39 is 16.6 Å². The number of hydrogen-bond donors (Lipinski definition) is 1. The summed E-state index contributed by atoms with van der Waals surface area (Å²) in [4.78, 5) is 36.6. The zero-order valence-electron chi connectivity index (χ0n) is 17.1. The average molecular weight is 399 g/mol. The van der Waals surface area contributed by atoms with Crippen LogP contribution in [0.2, 0.25) is 0 Å². The van der Waals surface area contributed by atoms with Gasteiger partial charge in [0.15, 0.2) is 0 Å². The van der Waals surface area contributed by atoms with Gasteiger partial charge in [0.05, 0.1) is 11.0 Å². The zero-order valence-corrected chi connectivity index (χ0v) is 17.1. The third-order valence-corrected chi connectivity index (χ3v) is 4.24. The van der Waals surface area contributed by atoms with Crippen LogP contribution in [-0.2, 0) is 4.74 Å². The van der Waals surface area contributed by atoms with Crippen molar-refractivity contribution in [2.24, 2.45) is 0 Å². The predicted molar refractivity (Wildman–Crippen MR) is 110 cm³/mol. The fourth-order valence-corrected chi connectivity index (χ4v) is 2.62. The molecule has 0 aliphatic carbocycles. The van der Waals surface area contributed by atoms with E-state index in [0.717, 1.165) is 0 Å². The lowest BCUT2D eigenvalue weighted by Crippen LogP contribution is -2.29. The minimum Gasteiger partial charge on any atom is -0.444 e. The van der Waals surface area contributed by atoms with E-state index in [1.165, 1.54) is 17.0 Å². The molecule has 0 aliphatic heterocycles. The van der Waals surface area contributed by atoms with Crippen LogP contribution in [0.5, 0.6) is 0 Å². The molecular weight excluding hydrogens is 374 g/mol. The number of nitrogens with one attached hydrogen (secondary N) is 1. The maximum Gasteiger partial charge on any atom is 0.412 e. The van der Waals surface area contributed by atoms with Crippen molar-refractivity contribution >= 4 is 23.4 Å². The summed E-state index contributed by atoms with van der Waals surface area (Å²) < 4.78 is 5.19. The number of nitrogens with zero attached hydrogens (tertiary/aromatic N) is 2. The van der Waals surface area contributed by atoms with E-state index in [1.807, 2.05) is 0 Å². The predicted octanol–water partition coefficient (Wildman–Crippen LogP) is 4.78. The van der Waals surface area contributed by atoms with Crippen LogP contribution in [-0.4, -0.2) is 34.5 Å². The van der Waals surface area contributed by atoms with Crippen LogP contribution in [0.15, 0.2) is 48.5 Å². The van der Waals surface area contributed by atoms with Crippen molar-refractivity contribution < 1.29 is 19.2 Å². The molecule has 1 N–H and O–H groups in total. The Balaban J connectivity index is 2.08. The van der Waals surface area contributed by atoms with Gasteiger partial charge >= 0.3 is 6.09 Å². The number of non-ortho nitro benzene ring substituents is 1. The van der Waals surface area contributed by atoms with E-state index >= 15 is 0 Å². The van der Waals surface area contributed by atoms with Crippen LogP contribution >= 0.6 is 0 Å². The van der Waals surface area contributed by atoms with Crippen LogP contribution in [0.3, 0.4) is 0 Å². The number of carbonyl (C=O) groups excluding carboxylic acids is 2. The quantitative estimate of drug-likeness (QED) is 0.576. The zero-order chi connectivity index (χ0) is 21.8. The molecule has 0 saturated heterocycles. The highest BCUT2D eigenvalue weighted by molar-refractivity contribution is 5.95.